The van der Waals surface area contributed by atoms with E-state index in [9.17, 15) is 14.4 Å². The van der Waals surface area contributed by atoms with Crippen LogP contribution < -0.4 is 5.32 Å². The lowest BCUT2D eigenvalue weighted by atomic mass is 10.0. The van der Waals surface area contributed by atoms with Crippen molar-refractivity contribution in [3.63, 3.8) is 0 Å². The molecule has 1 aliphatic rings. The molecule has 1 aromatic rings. The van der Waals surface area contributed by atoms with Crippen LogP contribution >= 0.6 is 0 Å². The number of rotatable bonds is 11. The second-order valence-corrected chi connectivity index (χ2v) is 9.73. The number of amides is 4. The van der Waals surface area contributed by atoms with E-state index in [0.717, 1.165) is 18.4 Å². The first-order chi connectivity index (χ1) is 17.2. The van der Waals surface area contributed by atoms with Crippen LogP contribution in [0.2, 0.25) is 0 Å². The fourth-order valence-corrected chi connectivity index (χ4v) is 4.48. The van der Waals surface area contributed by atoms with E-state index in [2.05, 4.69) is 25.1 Å². The smallest absolute Gasteiger partial charge is 0.334 e. The molecule has 4 amide bonds. The summed E-state index contributed by atoms with van der Waals surface area (Å²) >= 11 is 0. The number of terminal acetylenes is 1. The van der Waals surface area contributed by atoms with Crippen molar-refractivity contribution in [1.82, 2.24) is 25.1 Å². The van der Waals surface area contributed by atoms with Gasteiger partial charge in [0.05, 0.1) is 19.6 Å². The zero-order valence-corrected chi connectivity index (χ0v) is 23.1. The number of nitrogens with one attached hydrogen (secondary N) is 1. The minimum Gasteiger partial charge on any atom is -0.341 e. The molecule has 1 fully saturated rings. The molecule has 1 aliphatic heterocycles. The average Bonchev–Trinajstić information content (AvgIpc) is 2.83. The summed E-state index contributed by atoms with van der Waals surface area (Å²) in [5, 5.41) is 6.11. The summed E-state index contributed by atoms with van der Waals surface area (Å²) in [7, 11) is 0. The van der Waals surface area contributed by atoms with Crippen molar-refractivity contribution in [1.29, 1.82) is 0 Å². The zero-order valence-electron chi connectivity index (χ0n) is 23.1. The highest BCUT2D eigenvalue weighted by atomic mass is 16.2. The maximum atomic E-state index is 13.5. The van der Waals surface area contributed by atoms with Crippen molar-refractivity contribution >= 4 is 18.3 Å². The molecule has 1 aromatic carbocycles. The third-order valence-corrected chi connectivity index (χ3v) is 5.72. The summed E-state index contributed by atoms with van der Waals surface area (Å²) in [6, 6.07) is 9.16. The number of hydrogen-bond donors (Lipinski definition) is 1. The summed E-state index contributed by atoms with van der Waals surface area (Å²) in [6.45, 7) is 15.4. The molecule has 0 saturated carbocycles. The minimum absolute atomic E-state index is 0.00711. The first-order valence-electron chi connectivity index (χ1n) is 13.0. The van der Waals surface area contributed by atoms with Gasteiger partial charge in [0, 0.05) is 19.1 Å². The lowest BCUT2D eigenvalue weighted by Crippen LogP contribution is -2.71. The number of benzene rings is 1. The van der Waals surface area contributed by atoms with Gasteiger partial charge >= 0.3 is 6.03 Å². The van der Waals surface area contributed by atoms with E-state index in [1.54, 1.807) is 14.8 Å². The van der Waals surface area contributed by atoms with Crippen LogP contribution in [-0.4, -0.2) is 76.6 Å². The van der Waals surface area contributed by atoms with E-state index in [1.807, 2.05) is 65.0 Å². The molecule has 0 radical (unpaired) electrons. The van der Waals surface area contributed by atoms with Gasteiger partial charge in [-0.05, 0) is 30.7 Å². The maximum Gasteiger partial charge on any atom is 0.334 e. The molecule has 1 saturated heterocycles. The van der Waals surface area contributed by atoms with E-state index in [1.165, 1.54) is 5.01 Å². The SMILES string of the molecule is C#CCN1CC(=O)N([C@H](C)CC(C)C)C(CN(C=O)CC(C)C)N1C(=O)NCc1ccccc1.CC. The number of carbonyl (C=O) groups is 3. The van der Waals surface area contributed by atoms with Crippen molar-refractivity contribution in [3.8, 4) is 12.3 Å². The Morgan fingerprint density at radius 1 is 1.17 bits per heavy atom. The monoisotopic (exact) mass is 499 g/mol. The lowest BCUT2D eigenvalue weighted by Gasteiger charge is -2.51. The highest BCUT2D eigenvalue weighted by Gasteiger charge is 2.44. The molecular formula is C28H45N5O3. The Bertz CT molecular complexity index is 852. The van der Waals surface area contributed by atoms with Crippen molar-refractivity contribution in [2.75, 3.05) is 26.2 Å². The van der Waals surface area contributed by atoms with Crippen LogP contribution in [0.3, 0.4) is 0 Å². The van der Waals surface area contributed by atoms with Crippen molar-refractivity contribution in [2.45, 2.75) is 73.6 Å². The third kappa shape index (κ3) is 9.19. The first kappa shape index (κ1) is 31.0. The molecule has 200 valence electrons. The highest BCUT2D eigenvalue weighted by Crippen LogP contribution is 2.24. The molecule has 1 heterocycles. The topological polar surface area (TPSA) is 76.2 Å². The van der Waals surface area contributed by atoms with E-state index >= 15 is 0 Å². The fourth-order valence-electron chi connectivity index (χ4n) is 4.48. The van der Waals surface area contributed by atoms with Gasteiger partial charge in [-0.2, -0.15) is 5.01 Å². The van der Waals surface area contributed by atoms with Crippen LogP contribution in [0.15, 0.2) is 30.3 Å². The second kappa shape index (κ2) is 15.8. The average molecular weight is 500 g/mol. The Morgan fingerprint density at radius 2 is 1.81 bits per heavy atom. The molecule has 36 heavy (non-hydrogen) atoms. The largest absolute Gasteiger partial charge is 0.341 e. The lowest BCUT2D eigenvalue weighted by molar-refractivity contribution is -0.173. The zero-order chi connectivity index (χ0) is 27.3. The van der Waals surface area contributed by atoms with Crippen LogP contribution in [0.1, 0.15) is 60.5 Å². The Kier molecular flexibility index (Phi) is 13.6. The molecule has 1 N–H and O–H groups in total. The molecule has 8 heteroatoms. The maximum absolute atomic E-state index is 13.5. The van der Waals surface area contributed by atoms with Crippen molar-refractivity contribution in [3.05, 3.63) is 35.9 Å². The van der Waals surface area contributed by atoms with Gasteiger partial charge in [-0.25, -0.2) is 9.80 Å². The Balaban J connectivity index is 0.00000316. The van der Waals surface area contributed by atoms with Crippen LogP contribution in [0, 0.1) is 24.2 Å². The summed E-state index contributed by atoms with van der Waals surface area (Å²) in [5.41, 5.74) is 0.961. The predicted molar refractivity (Wildman–Crippen MR) is 144 cm³/mol. The Labute approximate surface area is 218 Å². The van der Waals surface area contributed by atoms with E-state index in [-0.39, 0.29) is 43.5 Å². The van der Waals surface area contributed by atoms with Crippen LogP contribution in [0.5, 0.6) is 0 Å². The van der Waals surface area contributed by atoms with Gasteiger partial charge in [-0.3, -0.25) is 9.59 Å². The second-order valence-electron chi connectivity index (χ2n) is 9.73. The van der Waals surface area contributed by atoms with Crippen molar-refractivity contribution < 1.29 is 14.4 Å². The van der Waals surface area contributed by atoms with E-state index in [4.69, 9.17) is 6.42 Å². The molecule has 8 nitrogen and oxygen atoms in total. The van der Waals surface area contributed by atoms with Gasteiger partial charge in [0.25, 0.3) is 0 Å². The molecule has 2 atom stereocenters. The summed E-state index contributed by atoms with van der Waals surface area (Å²) in [5.74, 6) is 3.07. The van der Waals surface area contributed by atoms with E-state index in [0.29, 0.717) is 19.0 Å². The van der Waals surface area contributed by atoms with Gasteiger partial charge in [0.1, 0.15) is 6.17 Å². The quantitative estimate of drug-likeness (QED) is 0.371. The van der Waals surface area contributed by atoms with Gasteiger partial charge in [0.2, 0.25) is 12.3 Å². The molecule has 2 rings (SSSR count). The number of hydrazine groups is 1. The first-order valence-corrected chi connectivity index (χ1v) is 13.0. The standard InChI is InChI=1S/C26H39N5O3.C2H6/c1-7-13-29-18-25(33)30(22(6)14-20(2)3)24(17-28(19-32)16-21(4)5)31(29)26(34)27-15-23-11-9-8-10-12-23;1-2/h1,8-12,19-22,24H,13-18H2,2-6H3,(H,27,34);1-2H3/t22-,24?;/m1./s1. The molecule has 0 spiro atoms. The third-order valence-electron chi connectivity index (χ3n) is 5.72. The number of nitrogens with zero attached hydrogens (tertiary/aromatic N) is 4. The molecule has 0 aromatic heterocycles. The normalized spacial score (nSPS) is 16.8. The number of hydrogen-bond acceptors (Lipinski definition) is 4. The van der Waals surface area contributed by atoms with Crippen molar-refractivity contribution in [2.24, 2.45) is 11.8 Å². The Hall–Kier alpha value is -3.05. The van der Waals surface area contributed by atoms with Gasteiger partial charge in [-0.1, -0.05) is 77.8 Å². The number of urea groups is 1. The van der Waals surface area contributed by atoms with E-state index < -0.39 is 6.17 Å². The molecular weight excluding hydrogens is 454 g/mol. The molecule has 1 unspecified atom stereocenters. The number of carbonyl (C=O) groups excluding carboxylic acids is 3. The predicted octanol–water partition coefficient (Wildman–Crippen LogP) is 3.79. The van der Waals surface area contributed by atoms with Gasteiger partial charge in [0.15, 0.2) is 0 Å². The van der Waals surface area contributed by atoms with Crippen LogP contribution in [0.25, 0.3) is 0 Å². The van der Waals surface area contributed by atoms with Crippen LogP contribution in [0.4, 0.5) is 4.79 Å². The van der Waals surface area contributed by atoms with Crippen LogP contribution in [-0.2, 0) is 16.1 Å². The van der Waals surface area contributed by atoms with Gasteiger partial charge < -0.3 is 15.1 Å². The minimum atomic E-state index is -0.664. The summed E-state index contributed by atoms with van der Waals surface area (Å²) in [6.07, 6.45) is 6.49. The summed E-state index contributed by atoms with van der Waals surface area (Å²) in [4.78, 5) is 42.1. The van der Waals surface area contributed by atoms with Gasteiger partial charge in [-0.15, -0.1) is 6.42 Å². The highest BCUT2D eigenvalue weighted by molar-refractivity contribution is 5.83. The Morgan fingerprint density at radius 3 is 2.33 bits per heavy atom. The molecule has 0 bridgehead atoms. The summed E-state index contributed by atoms with van der Waals surface area (Å²) < 4.78 is 0. The fraction of sp³-hybridized carbons (Fsp3) is 0.607. The molecule has 0 aliphatic carbocycles.